The second-order valence-corrected chi connectivity index (χ2v) is 4.34. The molecule has 1 aliphatic heterocycles. The number of ether oxygens (including phenoxy) is 2. The predicted molar refractivity (Wildman–Crippen MR) is 49.2 cm³/mol. The molecule has 0 spiro atoms. The van der Waals surface area contributed by atoms with Gasteiger partial charge in [0.05, 0.1) is 0 Å². The van der Waals surface area contributed by atoms with Crippen molar-refractivity contribution in [3.63, 3.8) is 0 Å². The maximum absolute atomic E-state index is 10.7. The molecule has 0 N–H and O–H groups in total. The summed E-state index contributed by atoms with van der Waals surface area (Å²) in [5.74, 6) is 3.50. The Labute approximate surface area is 82.2 Å². The van der Waals surface area contributed by atoms with Crippen LogP contribution < -0.4 is 13.9 Å². The third kappa shape index (κ3) is 1.43. The van der Waals surface area contributed by atoms with Crippen LogP contribution >= 0.6 is 0 Å². The summed E-state index contributed by atoms with van der Waals surface area (Å²) < 4.78 is 11.4. The van der Waals surface area contributed by atoms with Gasteiger partial charge in [0.25, 0.3) is 0 Å². The van der Waals surface area contributed by atoms with Crippen LogP contribution in [-0.4, -0.2) is 28.0 Å². The van der Waals surface area contributed by atoms with E-state index in [-0.39, 0.29) is 6.79 Å². The van der Waals surface area contributed by atoms with Crippen molar-refractivity contribution in [1.82, 2.24) is 0 Å². The first kappa shape index (κ1) is 8.60. The molecule has 0 saturated carbocycles. The molecule has 1 aromatic rings. The van der Waals surface area contributed by atoms with Crippen LogP contribution in [0.4, 0.5) is 0 Å². The molecule has 68 valence electrons. The monoisotopic (exact) mass is 244 g/mol. The van der Waals surface area contributed by atoms with Gasteiger partial charge in [-0.15, -0.1) is 0 Å². The molecule has 2 rings (SSSR count). The molecule has 0 radical (unpaired) electrons. The van der Waals surface area contributed by atoms with E-state index >= 15 is 0 Å². The minimum atomic E-state index is 0.258. The molecule has 0 unspecified atom stereocenters. The average molecular weight is 243 g/mol. The fourth-order valence-electron chi connectivity index (χ4n) is 1.21. The van der Waals surface area contributed by atoms with Gasteiger partial charge in [-0.05, 0) is 0 Å². The summed E-state index contributed by atoms with van der Waals surface area (Å²) in [5, 5.41) is 0. The normalized spacial score (nSPS) is 13.0. The number of carbonyl (C=O) groups excluding carboxylic acids is 1. The van der Waals surface area contributed by atoms with Crippen molar-refractivity contribution in [1.29, 1.82) is 0 Å². The van der Waals surface area contributed by atoms with E-state index in [9.17, 15) is 4.79 Å². The Balaban J connectivity index is 2.53. The Bertz CT molecular complexity index is 349. The number of carbonyl (C=O) groups is 1. The third-order valence-electron chi connectivity index (χ3n) is 1.85. The molecule has 0 atom stereocenters. The molecule has 1 aliphatic rings. The molecular weight excluding hydrogens is 235 g/mol. The van der Waals surface area contributed by atoms with Gasteiger partial charge in [0, 0.05) is 0 Å². The molecule has 4 heteroatoms. The molecule has 13 heavy (non-hydrogen) atoms. The van der Waals surface area contributed by atoms with Crippen LogP contribution in [-0.2, 0) is 0 Å². The van der Waals surface area contributed by atoms with E-state index in [0.29, 0.717) is 26.3 Å². The summed E-state index contributed by atoms with van der Waals surface area (Å²) in [4.78, 5) is 10.7. The molecule has 1 aromatic carbocycles. The van der Waals surface area contributed by atoms with Crippen LogP contribution in [0.15, 0.2) is 12.1 Å². The predicted octanol–water partition coefficient (Wildman–Crippen LogP) is 0.605. The van der Waals surface area contributed by atoms with Crippen molar-refractivity contribution in [2.24, 2.45) is 0 Å². The Hall–Kier alpha value is -0.991. The van der Waals surface area contributed by atoms with Crippen molar-refractivity contribution in [3.05, 3.63) is 17.7 Å². The summed E-state index contributed by atoms with van der Waals surface area (Å²) >= 11 is 0.303. The Kier molecular flexibility index (Phi) is 2.25. The second kappa shape index (κ2) is 3.40. The van der Waals surface area contributed by atoms with E-state index in [2.05, 4.69) is 5.82 Å². The molecule has 3 nitrogen and oxygen atoms in total. The first-order chi connectivity index (χ1) is 6.35. The topological polar surface area (TPSA) is 35.5 Å². The summed E-state index contributed by atoms with van der Waals surface area (Å²) in [6, 6.07) is 3.64. The molecule has 0 aromatic heterocycles. The first-order valence-corrected chi connectivity index (χ1v) is 6.35. The van der Waals surface area contributed by atoms with E-state index in [0.717, 1.165) is 16.5 Å². The standard InChI is InChI=1S/C9H8O3Se/c1-13-9-3-8-7(11-5-12-8)2-6(9)4-10/h2-4H,5H2,1H3. The van der Waals surface area contributed by atoms with Gasteiger partial charge in [0.15, 0.2) is 0 Å². The zero-order valence-corrected chi connectivity index (χ0v) is 8.79. The molecule has 0 aliphatic carbocycles. The van der Waals surface area contributed by atoms with Crippen molar-refractivity contribution in [2.45, 2.75) is 5.82 Å². The van der Waals surface area contributed by atoms with Crippen LogP contribution in [0.1, 0.15) is 10.4 Å². The quantitative estimate of drug-likeness (QED) is 0.563. The van der Waals surface area contributed by atoms with E-state index in [1.807, 2.05) is 6.07 Å². The van der Waals surface area contributed by atoms with E-state index in [4.69, 9.17) is 9.47 Å². The summed E-state index contributed by atoms with van der Waals surface area (Å²) in [5.41, 5.74) is 0.715. The van der Waals surface area contributed by atoms with E-state index in [1.165, 1.54) is 0 Å². The SMILES string of the molecule is C[Se]c1cc2c(cc1C=O)OCO2. The minimum absolute atomic E-state index is 0.258. The van der Waals surface area contributed by atoms with Crippen LogP contribution in [0.25, 0.3) is 0 Å². The van der Waals surface area contributed by atoms with Crippen molar-refractivity contribution < 1.29 is 14.3 Å². The number of fused-ring (bicyclic) bond motifs is 1. The molecule has 0 saturated heterocycles. The number of hydrogen-bond donors (Lipinski definition) is 0. The first-order valence-electron chi connectivity index (χ1n) is 3.78. The fourth-order valence-corrected chi connectivity index (χ4v) is 2.40. The molecule has 0 amide bonds. The number of rotatable bonds is 2. The van der Waals surface area contributed by atoms with Gasteiger partial charge < -0.3 is 0 Å². The van der Waals surface area contributed by atoms with E-state index < -0.39 is 0 Å². The zero-order chi connectivity index (χ0) is 9.26. The third-order valence-corrected chi connectivity index (χ3v) is 3.52. The van der Waals surface area contributed by atoms with Crippen LogP contribution in [0.3, 0.4) is 0 Å². The Morgan fingerprint density at radius 3 is 2.69 bits per heavy atom. The number of aldehydes is 1. The van der Waals surface area contributed by atoms with Gasteiger partial charge in [-0.3, -0.25) is 0 Å². The molecule has 0 fully saturated rings. The second-order valence-electron chi connectivity index (χ2n) is 2.57. The van der Waals surface area contributed by atoms with Crippen LogP contribution in [0, 0.1) is 0 Å². The average Bonchev–Trinajstić information content (AvgIpc) is 2.62. The molecule has 1 heterocycles. The Morgan fingerprint density at radius 2 is 2.08 bits per heavy atom. The summed E-state index contributed by atoms with van der Waals surface area (Å²) in [6.07, 6.45) is 0.864. The number of hydrogen-bond acceptors (Lipinski definition) is 3. The van der Waals surface area contributed by atoms with Crippen LogP contribution in [0.2, 0.25) is 5.82 Å². The Morgan fingerprint density at radius 1 is 1.38 bits per heavy atom. The van der Waals surface area contributed by atoms with Gasteiger partial charge in [-0.25, -0.2) is 0 Å². The number of benzene rings is 1. The fraction of sp³-hybridized carbons (Fsp3) is 0.222. The van der Waals surface area contributed by atoms with Crippen molar-refractivity contribution >= 4 is 25.7 Å². The summed E-state index contributed by atoms with van der Waals surface area (Å²) in [6.45, 7) is 0.258. The molecular formula is C9H8O3Se. The summed E-state index contributed by atoms with van der Waals surface area (Å²) in [7, 11) is 0. The van der Waals surface area contributed by atoms with Crippen LogP contribution in [0.5, 0.6) is 11.5 Å². The molecule has 0 bridgehead atoms. The van der Waals surface area contributed by atoms with E-state index in [1.54, 1.807) is 6.07 Å². The van der Waals surface area contributed by atoms with Gasteiger partial charge in [0.2, 0.25) is 0 Å². The van der Waals surface area contributed by atoms with Gasteiger partial charge in [-0.2, -0.15) is 0 Å². The zero-order valence-electron chi connectivity index (χ0n) is 7.07. The van der Waals surface area contributed by atoms with Gasteiger partial charge in [0.1, 0.15) is 0 Å². The van der Waals surface area contributed by atoms with Gasteiger partial charge in [-0.1, -0.05) is 0 Å². The maximum atomic E-state index is 10.7. The van der Waals surface area contributed by atoms with Crippen molar-refractivity contribution in [2.75, 3.05) is 6.79 Å². The van der Waals surface area contributed by atoms with Crippen molar-refractivity contribution in [3.8, 4) is 11.5 Å². The van der Waals surface area contributed by atoms with Gasteiger partial charge >= 0.3 is 81.8 Å².